The zero-order valence-electron chi connectivity index (χ0n) is 15.5. The lowest BCUT2D eigenvalue weighted by molar-refractivity contribution is 0.110. The Kier molecular flexibility index (Phi) is 4.51. The quantitative estimate of drug-likeness (QED) is 0.903. The predicted molar refractivity (Wildman–Crippen MR) is 99.2 cm³/mol. The highest BCUT2D eigenvalue weighted by molar-refractivity contribution is 5.51. The second kappa shape index (κ2) is 6.82. The van der Waals surface area contributed by atoms with E-state index in [2.05, 4.69) is 23.1 Å². The highest BCUT2D eigenvalue weighted by atomic mass is 16.5. The Balaban J connectivity index is 1.73. The van der Waals surface area contributed by atoms with Crippen LogP contribution in [0.4, 0.5) is 0 Å². The van der Waals surface area contributed by atoms with Crippen LogP contribution < -0.4 is 4.74 Å². The number of methoxy groups -OCH3 is 3. The zero-order valence-corrected chi connectivity index (χ0v) is 15.5. The number of phenolic OH excluding ortho intramolecular Hbond substituents is 1. The number of fused-ring (bicyclic) bond motifs is 3. The van der Waals surface area contributed by atoms with Crippen LogP contribution in [0.15, 0.2) is 47.3 Å². The van der Waals surface area contributed by atoms with Crippen molar-refractivity contribution in [3.8, 4) is 11.5 Å². The second-order valence-electron chi connectivity index (χ2n) is 6.98. The van der Waals surface area contributed by atoms with E-state index in [9.17, 15) is 5.11 Å². The molecule has 1 aromatic carbocycles. The molecule has 0 radical (unpaired) electrons. The van der Waals surface area contributed by atoms with E-state index in [1.165, 1.54) is 22.3 Å². The summed E-state index contributed by atoms with van der Waals surface area (Å²) >= 11 is 0. The lowest BCUT2D eigenvalue weighted by atomic mass is 9.83. The Bertz CT molecular complexity index is 808. The average Bonchev–Trinajstić information content (AvgIpc) is 2.85. The SMILES string of the molecule is COC1=CC2=C(C=CC1OC)CCN1Cc3cc(OC)c(O)cc3CC21. The van der Waals surface area contributed by atoms with Crippen LogP contribution in [0.3, 0.4) is 0 Å². The Hall–Kier alpha value is -2.24. The molecule has 1 aromatic rings. The van der Waals surface area contributed by atoms with Crippen molar-refractivity contribution in [3.63, 3.8) is 0 Å². The molecule has 2 aliphatic heterocycles. The molecule has 0 saturated heterocycles. The summed E-state index contributed by atoms with van der Waals surface area (Å²) in [7, 11) is 4.98. The third-order valence-electron chi connectivity index (χ3n) is 5.67. The fraction of sp³-hybridized carbons (Fsp3) is 0.429. The Labute approximate surface area is 154 Å². The summed E-state index contributed by atoms with van der Waals surface area (Å²) in [6, 6.07) is 4.10. The van der Waals surface area contributed by atoms with Gasteiger partial charge in [0.15, 0.2) is 11.5 Å². The zero-order chi connectivity index (χ0) is 18.3. The maximum absolute atomic E-state index is 10.2. The monoisotopic (exact) mass is 355 g/mol. The van der Waals surface area contributed by atoms with E-state index in [1.807, 2.05) is 12.1 Å². The van der Waals surface area contributed by atoms with Crippen molar-refractivity contribution in [1.82, 2.24) is 4.90 Å². The summed E-state index contributed by atoms with van der Waals surface area (Å²) in [5.74, 6) is 1.58. The van der Waals surface area contributed by atoms with Gasteiger partial charge in [0.05, 0.1) is 14.2 Å². The van der Waals surface area contributed by atoms with Crippen LogP contribution in [0, 0.1) is 0 Å². The van der Waals surface area contributed by atoms with E-state index in [0.717, 1.165) is 31.7 Å². The number of ether oxygens (including phenoxy) is 3. The standard InChI is InChI=1S/C21H25NO4/c1-24-19-5-4-13-6-7-22-12-15-10-20(25-2)18(23)9-14(15)8-17(22)16(13)11-21(19)26-3/h4-5,9-11,17,19,23H,6-8,12H2,1-3H3. The fourth-order valence-corrected chi connectivity index (χ4v) is 4.26. The molecule has 2 atom stereocenters. The van der Waals surface area contributed by atoms with E-state index >= 15 is 0 Å². The molecule has 0 fully saturated rings. The van der Waals surface area contributed by atoms with Gasteiger partial charge in [-0.3, -0.25) is 4.90 Å². The van der Waals surface area contributed by atoms with Gasteiger partial charge in [-0.15, -0.1) is 0 Å². The van der Waals surface area contributed by atoms with Crippen molar-refractivity contribution in [2.24, 2.45) is 0 Å². The van der Waals surface area contributed by atoms with Gasteiger partial charge in [0.1, 0.15) is 11.9 Å². The normalized spacial score (nSPS) is 25.0. The van der Waals surface area contributed by atoms with Gasteiger partial charge >= 0.3 is 0 Å². The molecular formula is C21H25NO4. The molecular weight excluding hydrogens is 330 g/mol. The number of hydrogen-bond acceptors (Lipinski definition) is 5. The molecule has 26 heavy (non-hydrogen) atoms. The van der Waals surface area contributed by atoms with E-state index in [0.29, 0.717) is 5.75 Å². The Morgan fingerprint density at radius 1 is 1.12 bits per heavy atom. The first-order valence-corrected chi connectivity index (χ1v) is 8.97. The molecule has 4 rings (SSSR count). The van der Waals surface area contributed by atoms with E-state index < -0.39 is 0 Å². The molecule has 3 aliphatic rings. The molecule has 5 heteroatoms. The molecule has 0 aromatic heterocycles. The van der Waals surface area contributed by atoms with Crippen molar-refractivity contribution in [1.29, 1.82) is 0 Å². The van der Waals surface area contributed by atoms with E-state index in [4.69, 9.17) is 14.2 Å². The van der Waals surface area contributed by atoms with Crippen LogP contribution in [0.25, 0.3) is 0 Å². The van der Waals surface area contributed by atoms with Crippen molar-refractivity contribution in [3.05, 3.63) is 58.4 Å². The molecule has 0 bridgehead atoms. The maximum atomic E-state index is 10.2. The maximum Gasteiger partial charge on any atom is 0.160 e. The smallest absolute Gasteiger partial charge is 0.160 e. The van der Waals surface area contributed by atoms with Gasteiger partial charge < -0.3 is 19.3 Å². The molecule has 0 spiro atoms. The van der Waals surface area contributed by atoms with Crippen molar-refractivity contribution in [2.45, 2.75) is 31.5 Å². The van der Waals surface area contributed by atoms with Crippen LogP contribution in [0.5, 0.6) is 11.5 Å². The van der Waals surface area contributed by atoms with Crippen LogP contribution in [-0.2, 0) is 22.4 Å². The number of nitrogens with zero attached hydrogens (tertiary/aromatic N) is 1. The average molecular weight is 355 g/mol. The van der Waals surface area contributed by atoms with E-state index in [-0.39, 0.29) is 17.9 Å². The van der Waals surface area contributed by atoms with Crippen LogP contribution in [0.2, 0.25) is 0 Å². The molecule has 5 nitrogen and oxygen atoms in total. The number of aromatic hydroxyl groups is 1. The lowest BCUT2D eigenvalue weighted by Crippen LogP contribution is -2.44. The molecule has 138 valence electrons. The molecule has 0 saturated carbocycles. The first-order valence-electron chi connectivity index (χ1n) is 8.97. The first-order chi connectivity index (χ1) is 12.6. The predicted octanol–water partition coefficient (Wildman–Crippen LogP) is 2.94. The largest absolute Gasteiger partial charge is 0.504 e. The molecule has 2 unspecified atom stereocenters. The highest BCUT2D eigenvalue weighted by Crippen LogP contribution is 2.39. The molecule has 1 aliphatic carbocycles. The summed E-state index contributed by atoms with van der Waals surface area (Å²) < 4.78 is 16.4. The van der Waals surface area contributed by atoms with Gasteiger partial charge in [-0.1, -0.05) is 6.08 Å². The Morgan fingerprint density at radius 3 is 2.69 bits per heavy atom. The number of rotatable bonds is 3. The van der Waals surface area contributed by atoms with Gasteiger partial charge in [-0.25, -0.2) is 0 Å². The van der Waals surface area contributed by atoms with Gasteiger partial charge in [0, 0.05) is 26.2 Å². The Morgan fingerprint density at radius 2 is 1.96 bits per heavy atom. The van der Waals surface area contributed by atoms with Crippen molar-refractivity contribution >= 4 is 0 Å². The lowest BCUT2D eigenvalue weighted by Gasteiger charge is -2.41. The minimum absolute atomic E-state index is 0.150. The second-order valence-corrected chi connectivity index (χ2v) is 6.98. The number of phenols is 1. The fourth-order valence-electron chi connectivity index (χ4n) is 4.26. The summed E-state index contributed by atoms with van der Waals surface area (Å²) in [6.07, 6.45) is 8.13. The summed E-state index contributed by atoms with van der Waals surface area (Å²) in [4.78, 5) is 2.50. The summed E-state index contributed by atoms with van der Waals surface area (Å²) in [5.41, 5.74) is 5.06. The third-order valence-corrected chi connectivity index (χ3v) is 5.67. The highest BCUT2D eigenvalue weighted by Gasteiger charge is 2.34. The summed E-state index contributed by atoms with van der Waals surface area (Å²) in [6.45, 7) is 1.88. The molecule has 1 N–H and O–H groups in total. The minimum atomic E-state index is -0.150. The van der Waals surface area contributed by atoms with Gasteiger partial charge in [0.2, 0.25) is 0 Å². The first kappa shape index (κ1) is 17.2. The van der Waals surface area contributed by atoms with Crippen molar-refractivity contribution in [2.75, 3.05) is 27.9 Å². The summed E-state index contributed by atoms with van der Waals surface area (Å²) in [5, 5.41) is 10.2. The number of benzene rings is 1. The minimum Gasteiger partial charge on any atom is -0.504 e. The van der Waals surface area contributed by atoms with Gasteiger partial charge in [-0.05, 0) is 59.4 Å². The molecule has 0 amide bonds. The van der Waals surface area contributed by atoms with Crippen LogP contribution >= 0.6 is 0 Å². The van der Waals surface area contributed by atoms with Crippen molar-refractivity contribution < 1.29 is 19.3 Å². The van der Waals surface area contributed by atoms with Crippen LogP contribution in [-0.4, -0.2) is 50.0 Å². The van der Waals surface area contributed by atoms with Gasteiger partial charge in [-0.2, -0.15) is 0 Å². The number of allylic oxidation sites excluding steroid dienone is 1. The third kappa shape index (κ3) is 2.81. The number of hydrogen-bond donors (Lipinski definition) is 1. The van der Waals surface area contributed by atoms with Gasteiger partial charge in [0.25, 0.3) is 0 Å². The van der Waals surface area contributed by atoms with E-state index in [1.54, 1.807) is 21.3 Å². The molecule has 2 heterocycles. The van der Waals surface area contributed by atoms with Crippen LogP contribution in [0.1, 0.15) is 17.5 Å². The topological polar surface area (TPSA) is 51.2 Å².